The molecule has 1 aliphatic rings. The Kier molecular flexibility index (Phi) is 6.73. The number of nitrogens with one attached hydrogen (secondary N) is 2. The Labute approximate surface area is 136 Å². The second-order valence-corrected chi connectivity index (χ2v) is 6.92. The monoisotopic (exact) mass is 349 g/mol. The molecule has 0 amide bonds. The van der Waals surface area contributed by atoms with Crippen molar-refractivity contribution in [2.45, 2.75) is 37.1 Å². The number of halogens is 1. The van der Waals surface area contributed by atoms with Crippen molar-refractivity contribution >= 4 is 28.1 Å². The number of rotatable bonds is 6. The van der Waals surface area contributed by atoms with Crippen LogP contribution in [-0.2, 0) is 10.0 Å². The number of benzene rings is 1. The van der Waals surface area contributed by atoms with Gasteiger partial charge in [-0.15, -0.1) is 12.4 Å². The number of aryl methyl sites for hydroxylation is 1. The van der Waals surface area contributed by atoms with E-state index >= 15 is 0 Å². The summed E-state index contributed by atoms with van der Waals surface area (Å²) in [6.07, 6.45) is 2.88. The van der Waals surface area contributed by atoms with Crippen molar-refractivity contribution in [1.82, 2.24) is 10.0 Å². The van der Waals surface area contributed by atoms with Gasteiger partial charge in [0, 0.05) is 24.7 Å². The highest BCUT2D eigenvalue weighted by molar-refractivity contribution is 7.89. The van der Waals surface area contributed by atoms with Gasteiger partial charge in [-0.05, 0) is 38.3 Å². The van der Waals surface area contributed by atoms with Gasteiger partial charge in [-0.1, -0.05) is 6.07 Å². The Morgan fingerprint density at radius 1 is 1.45 bits per heavy atom. The molecule has 2 N–H and O–H groups in total. The number of hydrogen-bond acceptors (Lipinski definition) is 5. The van der Waals surface area contributed by atoms with E-state index in [9.17, 15) is 18.5 Å². The Hall–Kier alpha value is -1.22. The molecule has 2 rings (SSSR count). The molecule has 0 bridgehead atoms. The van der Waals surface area contributed by atoms with Crippen LogP contribution in [-0.4, -0.2) is 32.5 Å². The molecule has 1 saturated heterocycles. The minimum absolute atomic E-state index is 0. The largest absolute Gasteiger partial charge is 0.314 e. The summed E-state index contributed by atoms with van der Waals surface area (Å²) in [5.74, 6) is 0. The first-order chi connectivity index (χ1) is 9.90. The van der Waals surface area contributed by atoms with E-state index in [4.69, 9.17) is 0 Å². The first kappa shape index (κ1) is 18.8. The molecule has 22 heavy (non-hydrogen) atoms. The van der Waals surface area contributed by atoms with E-state index in [1.165, 1.54) is 12.1 Å². The van der Waals surface area contributed by atoms with Crippen LogP contribution < -0.4 is 10.0 Å². The highest BCUT2D eigenvalue weighted by Crippen LogP contribution is 2.21. The van der Waals surface area contributed by atoms with Crippen LogP contribution in [0.4, 0.5) is 5.69 Å². The van der Waals surface area contributed by atoms with Crippen molar-refractivity contribution in [2.24, 2.45) is 0 Å². The first-order valence-corrected chi connectivity index (χ1v) is 8.36. The van der Waals surface area contributed by atoms with Gasteiger partial charge in [-0.25, -0.2) is 13.1 Å². The molecular weight excluding hydrogens is 330 g/mol. The molecular formula is C13H20ClN3O4S. The molecule has 0 saturated carbocycles. The van der Waals surface area contributed by atoms with Crippen LogP contribution in [0.3, 0.4) is 0 Å². The van der Waals surface area contributed by atoms with Crippen molar-refractivity contribution < 1.29 is 13.3 Å². The molecule has 7 nitrogen and oxygen atoms in total. The Morgan fingerprint density at radius 3 is 2.77 bits per heavy atom. The Balaban J connectivity index is 0.00000242. The van der Waals surface area contributed by atoms with Crippen molar-refractivity contribution in [1.29, 1.82) is 0 Å². The minimum Gasteiger partial charge on any atom is -0.314 e. The van der Waals surface area contributed by atoms with Crippen molar-refractivity contribution in [3.05, 3.63) is 33.9 Å². The fourth-order valence-corrected chi connectivity index (χ4v) is 3.75. The van der Waals surface area contributed by atoms with Gasteiger partial charge in [0.2, 0.25) is 10.0 Å². The average molecular weight is 350 g/mol. The third-order valence-corrected chi connectivity index (χ3v) is 5.22. The van der Waals surface area contributed by atoms with E-state index in [0.717, 1.165) is 25.5 Å². The molecule has 1 atom stereocenters. The van der Waals surface area contributed by atoms with Crippen LogP contribution in [0.2, 0.25) is 0 Å². The first-order valence-electron chi connectivity index (χ1n) is 6.88. The summed E-state index contributed by atoms with van der Waals surface area (Å²) in [6.45, 7) is 2.92. The molecule has 1 heterocycles. The summed E-state index contributed by atoms with van der Waals surface area (Å²) in [7, 11) is -3.72. The van der Waals surface area contributed by atoms with E-state index in [1.54, 1.807) is 6.92 Å². The normalized spacial score (nSPS) is 18.0. The zero-order chi connectivity index (χ0) is 15.5. The van der Waals surface area contributed by atoms with E-state index < -0.39 is 14.9 Å². The number of hydrogen-bond donors (Lipinski definition) is 2. The maximum atomic E-state index is 12.2. The smallest absolute Gasteiger partial charge is 0.270 e. The van der Waals surface area contributed by atoms with Crippen molar-refractivity contribution in [3.8, 4) is 0 Å². The number of nitrogens with zero attached hydrogens (tertiary/aromatic N) is 1. The lowest BCUT2D eigenvalue weighted by molar-refractivity contribution is -0.385. The van der Waals surface area contributed by atoms with Crippen molar-refractivity contribution in [3.63, 3.8) is 0 Å². The van der Waals surface area contributed by atoms with E-state index in [1.807, 2.05) is 0 Å². The number of sulfonamides is 1. The second-order valence-electron chi connectivity index (χ2n) is 5.19. The third kappa shape index (κ3) is 4.64. The maximum absolute atomic E-state index is 12.2. The van der Waals surface area contributed by atoms with E-state index in [2.05, 4.69) is 10.0 Å². The highest BCUT2D eigenvalue weighted by atomic mass is 35.5. The lowest BCUT2D eigenvalue weighted by atomic mass is 10.2. The van der Waals surface area contributed by atoms with Gasteiger partial charge in [-0.2, -0.15) is 0 Å². The molecule has 0 radical (unpaired) electrons. The summed E-state index contributed by atoms with van der Waals surface area (Å²) in [5.41, 5.74) is 0.269. The van der Waals surface area contributed by atoms with Gasteiger partial charge in [0.25, 0.3) is 5.69 Å². The van der Waals surface area contributed by atoms with Gasteiger partial charge in [0.1, 0.15) is 0 Å². The van der Waals surface area contributed by atoms with Crippen LogP contribution >= 0.6 is 12.4 Å². The predicted octanol–water partition coefficient (Wildman–Crippen LogP) is 1.75. The Morgan fingerprint density at radius 2 is 2.18 bits per heavy atom. The highest BCUT2D eigenvalue weighted by Gasteiger charge is 2.21. The van der Waals surface area contributed by atoms with Gasteiger partial charge in [0.15, 0.2) is 0 Å². The Bertz CT molecular complexity index is 630. The molecule has 0 spiro atoms. The van der Waals surface area contributed by atoms with E-state index in [-0.39, 0.29) is 23.0 Å². The van der Waals surface area contributed by atoms with Crippen LogP contribution in [0.1, 0.15) is 24.8 Å². The zero-order valence-corrected chi connectivity index (χ0v) is 13.9. The fraction of sp³-hybridized carbons (Fsp3) is 0.538. The molecule has 1 aliphatic heterocycles. The predicted molar refractivity (Wildman–Crippen MR) is 85.9 cm³/mol. The molecule has 0 aliphatic carbocycles. The molecule has 9 heteroatoms. The summed E-state index contributed by atoms with van der Waals surface area (Å²) in [4.78, 5) is 10.1. The van der Waals surface area contributed by atoms with Gasteiger partial charge < -0.3 is 5.32 Å². The molecule has 1 aromatic rings. The minimum atomic E-state index is -3.72. The van der Waals surface area contributed by atoms with Gasteiger partial charge in [-0.3, -0.25) is 10.1 Å². The van der Waals surface area contributed by atoms with Crippen molar-refractivity contribution in [2.75, 3.05) is 13.1 Å². The summed E-state index contributed by atoms with van der Waals surface area (Å²) in [5, 5.41) is 14.1. The zero-order valence-electron chi connectivity index (χ0n) is 12.2. The average Bonchev–Trinajstić information content (AvgIpc) is 2.91. The molecule has 124 valence electrons. The van der Waals surface area contributed by atoms with Crippen LogP contribution in [0.25, 0.3) is 0 Å². The quantitative estimate of drug-likeness (QED) is 0.601. The number of nitro benzene ring substituents is 1. The molecule has 1 fully saturated rings. The second kappa shape index (κ2) is 7.87. The molecule has 0 unspecified atom stereocenters. The van der Waals surface area contributed by atoms with Crippen LogP contribution in [0.15, 0.2) is 23.1 Å². The summed E-state index contributed by atoms with van der Waals surface area (Å²) >= 11 is 0. The lowest BCUT2D eigenvalue weighted by Gasteiger charge is -2.12. The third-order valence-electron chi connectivity index (χ3n) is 3.62. The van der Waals surface area contributed by atoms with Crippen LogP contribution in [0.5, 0.6) is 0 Å². The summed E-state index contributed by atoms with van der Waals surface area (Å²) < 4.78 is 27.0. The van der Waals surface area contributed by atoms with E-state index in [0.29, 0.717) is 24.6 Å². The number of non-ortho nitro benzene ring substituents is 1. The fourth-order valence-electron chi connectivity index (χ4n) is 2.44. The SMILES string of the molecule is Cc1ccc([N+](=O)[O-])cc1S(=O)(=O)NCC[C@H]1CCCN1.Cl. The van der Waals surface area contributed by atoms with Crippen LogP contribution in [0, 0.1) is 17.0 Å². The maximum Gasteiger partial charge on any atom is 0.270 e. The summed E-state index contributed by atoms with van der Waals surface area (Å²) in [6, 6.07) is 4.20. The van der Waals surface area contributed by atoms with Gasteiger partial charge >= 0.3 is 0 Å². The number of nitro groups is 1. The molecule has 1 aromatic carbocycles. The van der Waals surface area contributed by atoms with Gasteiger partial charge in [0.05, 0.1) is 9.82 Å². The molecule has 0 aromatic heterocycles. The standard InChI is InChI=1S/C13H19N3O4S.ClH/c1-10-4-5-12(16(17)18)9-13(10)21(19,20)15-8-6-11-3-2-7-14-11;/h4-5,9,11,14-15H,2-3,6-8H2,1H3;1H/t11-;/m1./s1. The topological polar surface area (TPSA) is 101 Å². The lowest BCUT2D eigenvalue weighted by Crippen LogP contribution is -2.31.